The Kier molecular flexibility index (Phi) is 5.02. The third-order valence-corrected chi connectivity index (χ3v) is 6.37. The molecule has 1 aromatic carbocycles. The molecular formula is C23H21BrN4O3. The molecule has 0 saturated carbocycles. The fraction of sp³-hybridized carbons (Fsp3) is 0.261. The van der Waals surface area contributed by atoms with Gasteiger partial charge < -0.3 is 18.4 Å². The Morgan fingerprint density at radius 2 is 2.16 bits per heavy atom. The highest BCUT2D eigenvalue weighted by Crippen LogP contribution is 2.35. The largest absolute Gasteiger partial charge is 0.442 e. The van der Waals surface area contributed by atoms with Crippen LogP contribution in [0.3, 0.4) is 0 Å². The normalized spacial score (nSPS) is 17.3. The lowest BCUT2D eigenvalue weighted by Crippen LogP contribution is -2.28. The Morgan fingerprint density at radius 3 is 2.90 bits per heavy atom. The Hall–Kier alpha value is -3.13. The van der Waals surface area contributed by atoms with Crippen molar-refractivity contribution in [1.82, 2.24) is 14.1 Å². The van der Waals surface area contributed by atoms with Crippen molar-refractivity contribution in [2.75, 3.05) is 0 Å². The molecule has 7 nitrogen and oxygen atoms in total. The lowest BCUT2D eigenvalue weighted by molar-refractivity contribution is 0.0475. The summed E-state index contributed by atoms with van der Waals surface area (Å²) in [6.07, 6.45) is 5.60. The average molecular weight is 481 g/mol. The average Bonchev–Trinajstić information content (AvgIpc) is 3.46. The van der Waals surface area contributed by atoms with Crippen LogP contribution >= 0.6 is 15.9 Å². The van der Waals surface area contributed by atoms with Crippen LogP contribution in [0.1, 0.15) is 34.1 Å². The van der Waals surface area contributed by atoms with Crippen LogP contribution in [0, 0.1) is 12.8 Å². The predicted molar refractivity (Wildman–Crippen MR) is 120 cm³/mol. The van der Waals surface area contributed by atoms with E-state index < -0.39 is 5.97 Å². The fourth-order valence-corrected chi connectivity index (χ4v) is 4.67. The predicted octanol–water partition coefficient (Wildman–Crippen LogP) is 4.86. The molecule has 1 aliphatic rings. The zero-order chi connectivity index (χ0) is 21.5. The minimum atomic E-state index is -0.622. The van der Waals surface area contributed by atoms with Crippen LogP contribution in [0.2, 0.25) is 0 Å². The van der Waals surface area contributed by atoms with E-state index in [1.165, 1.54) is 5.69 Å². The third kappa shape index (κ3) is 3.50. The third-order valence-electron chi connectivity index (χ3n) is 5.94. The number of fused-ring (bicyclic) bond motifs is 3. The van der Waals surface area contributed by atoms with Gasteiger partial charge in [-0.05, 0) is 53.9 Å². The summed E-state index contributed by atoms with van der Waals surface area (Å²) < 4.78 is 10.1. The van der Waals surface area contributed by atoms with E-state index in [9.17, 15) is 4.79 Å². The van der Waals surface area contributed by atoms with Gasteiger partial charge in [-0.3, -0.25) is 0 Å². The summed E-state index contributed by atoms with van der Waals surface area (Å²) in [5.41, 5.74) is 4.18. The van der Waals surface area contributed by atoms with Crippen molar-refractivity contribution in [3.63, 3.8) is 0 Å². The van der Waals surface area contributed by atoms with Crippen molar-refractivity contribution in [2.45, 2.75) is 26.3 Å². The summed E-state index contributed by atoms with van der Waals surface area (Å²) in [4.78, 5) is 22.2. The molecule has 5 rings (SSSR count). The quantitative estimate of drug-likeness (QED) is 0.308. The molecule has 0 amide bonds. The summed E-state index contributed by atoms with van der Waals surface area (Å²) in [6.45, 7) is 2.70. The molecule has 31 heavy (non-hydrogen) atoms. The number of aromatic nitrogens is 3. The zero-order valence-electron chi connectivity index (χ0n) is 17.2. The number of hydrogen-bond acceptors (Lipinski definition) is 5. The Bertz CT molecular complexity index is 1310. The molecule has 4 aromatic rings. The molecule has 1 unspecified atom stereocenters. The molecule has 0 bridgehead atoms. The van der Waals surface area contributed by atoms with Gasteiger partial charge in [0, 0.05) is 54.1 Å². The zero-order valence-corrected chi connectivity index (χ0v) is 18.8. The molecule has 0 fully saturated rings. The number of carbonyl (C=O) groups excluding carboxylic acids is 1. The highest BCUT2D eigenvalue weighted by atomic mass is 79.9. The minimum absolute atomic E-state index is 0.0855. The van der Waals surface area contributed by atoms with Gasteiger partial charge >= 0.3 is 5.97 Å². The standard InChI is InChI=1S/C23H21BrN4O3/c1-14-25-11-12-28(14)13-15-7-8-18-21(16-5-3-4-6-17(16)27(18)2)22(15)26-31-23(29)19-9-10-20(24)30-19/h3-6,9-12,15H,7-8,13H2,1-2H3/b26-22+. The SMILES string of the molecule is Cc1nccn1CC1CCc2c(c3ccccc3n2C)/C1=N/OC(=O)c1ccc(Br)o1. The van der Waals surface area contributed by atoms with Gasteiger partial charge in [0.25, 0.3) is 0 Å². The Morgan fingerprint density at radius 1 is 1.32 bits per heavy atom. The van der Waals surface area contributed by atoms with Crippen molar-refractivity contribution >= 4 is 38.5 Å². The number of furan rings is 1. The van der Waals surface area contributed by atoms with Crippen molar-refractivity contribution in [2.24, 2.45) is 18.1 Å². The van der Waals surface area contributed by atoms with Crippen LogP contribution in [0.4, 0.5) is 0 Å². The number of para-hydroxylation sites is 1. The smallest absolute Gasteiger partial charge is 0.400 e. The first-order chi connectivity index (χ1) is 15.0. The number of benzene rings is 1. The van der Waals surface area contributed by atoms with Gasteiger partial charge in [-0.15, -0.1) is 0 Å². The summed E-state index contributed by atoms with van der Waals surface area (Å²) in [5.74, 6) is 0.512. The number of nitrogens with zero attached hydrogens (tertiary/aromatic N) is 4. The first-order valence-electron chi connectivity index (χ1n) is 10.1. The first-order valence-corrected chi connectivity index (χ1v) is 10.9. The molecule has 0 saturated heterocycles. The van der Waals surface area contributed by atoms with Gasteiger partial charge in [-0.2, -0.15) is 0 Å². The molecule has 3 heterocycles. The van der Waals surface area contributed by atoms with Crippen LogP contribution < -0.4 is 0 Å². The van der Waals surface area contributed by atoms with E-state index in [1.54, 1.807) is 18.3 Å². The van der Waals surface area contributed by atoms with E-state index >= 15 is 0 Å². The van der Waals surface area contributed by atoms with Crippen molar-refractivity contribution in [3.05, 3.63) is 76.3 Å². The number of aryl methyl sites for hydroxylation is 2. The second kappa shape index (κ2) is 7.85. The highest BCUT2D eigenvalue weighted by Gasteiger charge is 2.32. The van der Waals surface area contributed by atoms with Crippen LogP contribution in [0.15, 0.2) is 63.0 Å². The molecule has 3 aromatic heterocycles. The first kappa shape index (κ1) is 19.8. The Labute approximate surface area is 187 Å². The van der Waals surface area contributed by atoms with E-state index in [0.29, 0.717) is 4.67 Å². The molecule has 1 aliphatic carbocycles. The van der Waals surface area contributed by atoms with E-state index in [-0.39, 0.29) is 11.7 Å². The number of hydrogen-bond donors (Lipinski definition) is 0. The molecule has 0 radical (unpaired) electrons. The Balaban J connectivity index is 1.58. The van der Waals surface area contributed by atoms with E-state index in [4.69, 9.17) is 9.25 Å². The van der Waals surface area contributed by atoms with Crippen LogP contribution in [0.25, 0.3) is 10.9 Å². The monoisotopic (exact) mass is 480 g/mol. The fourth-order valence-electron chi connectivity index (χ4n) is 4.37. The van der Waals surface area contributed by atoms with E-state index in [1.807, 2.05) is 25.3 Å². The van der Waals surface area contributed by atoms with Crippen molar-refractivity contribution < 1.29 is 14.0 Å². The maximum absolute atomic E-state index is 12.5. The second-order valence-corrected chi connectivity index (χ2v) is 8.50. The number of halogens is 1. The highest BCUT2D eigenvalue weighted by molar-refractivity contribution is 9.10. The number of oxime groups is 1. The number of imidazole rings is 1. The molecule has 0 aliphatic heterocycles. The summed E-state index contributed by atoms with van der Waals surface area (Å²) in [7, 11) is 2.07. The van der Waals surface area contributed by atoms with Gasteiger partial charge in [0.05, 0.1) is 5.71 Å². The van der Waals surface area contributed by atoms with Crippen LogP contribution in [-0.4, -0.2) is 25.8 Å². The van der Waals surface area contributed by atoms with Crippen molar-refractivity contribution in [3.8, 4) is 0 Å². The van der Waals surface area contributed by atoms with Crippen molar-refractivity contribution in [1.29, 1.82) is 0 Å². The van der Waals surface area contributed by atoms with Crippen LogP contribution in [0.5, 0.6) is 0 Å². The second-order valence-electron chi connectivity index (χ2n) is 7.72. The lowest BCUT2D eigenvalue weighted by Gasteiger charge is -2.25. The van der Waals surface area contributed by atoms with Crippen LogP contribution in [-0.2, 0) is 24.9 Å². The molecule has 0 N–H and O–H groups in total. The molecular weight excluding hydrogens is 460 g/mol. The lowest BCUT2D eigenvalue weighted by atomic mass is 9.84. The van der Waals surface area contributed by atoms with Gasteiger partial charge in [0.2, 0.25) is 5.76 Å². The molecule has 158 valence electrons. The summed E-state index contributed by atoms with van der Waals surface area (Å²) in [5, 5.41) is 5.52. The topological polar surface area (TPSA) is 74.6 Å². The minimum Gasteiger partial charge on any atom is -0.442 e. The molecule has 0 spiro atoms. The number of carbonyl (C=O) groups is 1. The van der Waals surface area contributed by atoms with Gasteiger partial charge in [0.15, 0.2) is 4.67 Å². The maximum Gasteiger partial charge on any atom is 0.400 e. The van der Waals surface area contributed by atoms with E-state index in [2.05, 4.69) is 54.4 Å². The summed E-state index contributed by atoms with van der Waals surface area (Å²) >= 11 is 3.21. The maximum atomic E-state index is 12.5. The van der Waals surface area contributed by atoms with Gasteiger partial charge in [0.1, 0.15) is 5.82 Å². The molecule has 1 atom stereocenters. The van der Waals surface area contributed by atoms with Gasteiger partial charge in [-0.1, -0.05) is 23.4 Å². The number of rotatable bonds is 4. The van der Waals surface area contributed by atoms with E-state index in [0.717, 1.165) is 47.4 Å². The molecule has 8 heteroatoms. The van der Waals surface area contributed by atoms with Gasteiger partial charge in [-0.25, -0.2) is 9.78 Å². The summed E-state index contributed by atoms with van der Waals surface area (Å²) in [6, 6.07) is 11.5.